The normalized spacial score (nSPS) is 10.9. The van der Waals surface area contributed by atoms with Crippen LogP contribution in [0.1, 0.15) is 50.7 Å². The molecule has 1 heteroatoms. The maximum atomic E-state index is 3.58. The first-order valence-corrected chi connectivity index (χ1v) is 6.04. The first-order chi connectivity index (χ1) is 7.59. The predicted octanol–water partition coefficient (Wildman–Crippen LogP) is 1.89. The summed E-state index contributed by atoms with van der Waals surface area (Å²) in [6.45, 7) is 8.99. The van der Waals surface area contributed by atoms with Gasteiger partial charge in [-0.05, 0) is 5.92 Å². The van der Waals surface area contributed by atoms with E-state index in [1.165, 1.54) is 21.9 Å². The number of hydrogen-bond acceptors (Lipinski definition) is 0. The number of hydrogen-bond donors (Lipinski definition) is 0. The van der Waals surface area contributed by atoms with Gasteiger partial charge in [0.25, 0.3) is 0 Å². The van der Waals surface area contributed by atoms with Crippen molar-refractivity contribution in [2.75, 3.05) is 0 Å². The van der Waals surface area contributed by atoms with Gasteiger partial charge in [0.05, 0.1) is 0 Å². The molecule has 0 radical (unpaired) electrons. The van der Waals surface area contributed by atoms with E-state index in [0.717, 1.165) is 0 Å². The fourth-order valence-electron chi connectivity index (χ4n) is 2.15. The molecule has 0 unspecified atom stereocenters. The standard InChI is InChI=1S/C16H19.Na/c1-11(2)15-9-13-7-5-6-8-14(13)10-16(15)12(3)4;/h5-9,11-12H,1-4H3;/q-1;+1. The molecule has 84 valence electrons. The molecule has 0 spiro atoms. The van der Waals surface area contributed by atoms with Gasteiger partial charge in [0.15, 0.2) is 0 Å². The summed E-state index contributed by atoms with van der Waals surface area (Å²) in [6, 6.07) is 14.4. The summed E-state index contributed by atoms with van der Waals surface area (Å²) >= 11 is 0. The van der Waals surface area contributed by atoms with E-state index < -0.39 is 0 Å². The number of fused-ring (bicyclic) bond motifs is 1. The monoisotopic (exact) mass is 234 g/mol. The van der Waals surface area contributed by atoms with Crippen LogP contribution in [0.3, 0.4) is 0 Å². The second kappa shape index (κ2) is 6.04. The van der Waals surface area contributed by atoms with Gasteiger partial charge in [-0.3, -0.25) is 0 Å². The van der Waals surface area contributed by atoms with Crippen molar-refractivity contribution in [3.63, 3.8) is 0 Å². The summed E-state index contributed by atoms with van der Waals surface area (Å²) in [5, 5.41) is 2.53. The largest absolute Gasteiger partial charge is 1.00 e. The number of benzene rings is 2. The van der Waals surface area contributed by atoms with E-state index in [1.54, 1.807) is 0 Å². The zero-order valence-electron chi connectivity index (χ0n) is 11.5. The Hall–Kier alpha value is -0.300. The Labute approximate surface area is 127 Å². The second-order valence-electron chi connectivity index (χ2n) is 5.04. The second-order valence-corrected chi connectivity index (χ2v) is 5.04. The van der Waals surface area contributed by atoms with Crippen molar-refractivity contribution in [1.29, 1.82) is 0 Å². The molecule has 0 N–H and O–H groups in total. The van der Waals surface area contributed by atoms with Crippen LogP contribution in [0.2, 0.25) is 0 Å². The third-order valence-electron chi connectivity index (χ3n) is 3.05. The molecule has 0 aliphatic rings. The van der Waals surface area contributed by atoms with Crippen molar-refractivity contribution in [2.24, 2.45) is 0 Å². The van der Waals surface area contributed by atoms with Gasteiger partial charge in [0.2, 0.25) is 0 Å². The molecule has 0 atom stereocenters. The smallest absolute Gasteiger partial charge is 0.143 e. The van der Waals surface area contributed by atoms with Crippen LogP contribution in [-0.2, 0) is 0 Å². The zero-order valence-corrected chi connectivity index (χ0v) is 13.5. The molecule has 0 aliphatic heterocycles. The summed E-state index contributed by atoms with van der Waals surface area (Å²) < 4.78 is 0. The Kier molecular flexibility index (Phi) is 5.24. The fourth-order valence-corrected chi connectivity index (χ4v) is 2.15. The van der Waals surface area contributed by atoms with Gasteiger partial charge in [-0.25, -0.2) is 0 Å². The van der Waals surface area contributed by atoms with Gasteiger partial charge in [-0.2, -0.15) is 0 Å². The third-order valence-corrected chi connectivity index (χ3v) is 3.05. The molecule has 0 aliphatic carbocycles. The average molecular weight is 234 g/mol. The number of rotatable bonds is 2. The van der Waals surface area contributed by atoms with Crippen LogP contribution in [0.4, 0.5) is 0 Å². The van der Waals surface area contributed by atoms with Crippen LogP contribution in [0.5, 0.6) is 0 Å². The van der Waals surface area contributed by atoms with Crippen molar-refractivity contribution >= 4 is 10.8 Å². The van der Waals surface area contributed by atoms with E-state index in [2.05, 4.69) is 64.1 Å². The van der Waals surface area contributed by atoms with Crippen LogP contribution >= 0.6 is 0 Å². The van der Waals surface area contributed by atoms with E-state index in [1.807, 2.05) is 0 Å². The fraction of sp³-hybridized carbons (Fsp3) is 0.375. The minimum atomic E-state index is 0. The van der Waals surface area contributed by atoms with Gasteiger partial charge in [-0.15, -0.1) is 46.2 Å². The molecule has 0 saturated heterocycles. The third kappa shape index (κ3) is 3.13. The molecule has 0 saturated carbocycles. The zero-order chi connectivity index (χ0) is 11.7. The average Bonchev–Trinajstić information content (AvgIpc) is 2.27. The maximum Gasteiger partial charge on any atom is 1.00 e. The Morgan fingerprint density at radius 1 is 0.941 bits per heavy atom. The van der Waals surface area contributed by atoms with Gasteiger partial charge >= 0.3 is 29.6 Å². The van der Waals surface area contributed by atoms with E-state index in [0.29, 0.717) is 11.8 Å². The first kappa shape index (κ1) is 14.8. The van der Waals surface area contributed by atoms with E-state index in [9.17, 15) is 0 Å². The Morgan fingerprint density at radius 3 is 2.18 bits per heavy atom. The Morgan fingerprint density at radius 2 is 1.59 bits per heavy atom. The molecule has 2 aromatic rings. The van der Waals surface area contributed by atoms with Crippen molar-refractivity contribution in [3.8, 4) is 0 Å². The van der Waals surface area contributed by atoms with Crippen LogP contribution in [0.25, 0.3) is 10.8 Å². The topological polar surface area (TPSA) is 0 Å². The van der Waals surface area contributed by atoms with Gasteiger partial charge in [0, 0.05) is 0 Å². The van der Waals surface area contributed by atoms with Gasteiger partial charge < -0.3 is 0 Å². The molecule has 0 amide bonds. The summed E-state index contributed by atoms with van der Waals surface area (Å²) in [5.41, 5.74) is 2.81. The van der Waals surface area contributed by atoms with E-state index in [-0.39, 0.29) is 29.6 Å². The first-order valence-electron chi connectivity index (χ1n) is 6.04. The van der Waals surface area contributed by atoms with Gasteiger partial charge in [0.1, 0.15) is 0 Å². The molecular formula is C16H19Na. The SMILES string of the molecule is CC(C)c1[c-]c2ccccc2cc1C(C)C.[Na+]. The minimum absolute atomic E-state index is 0. The molecule has 0 bridgehead atoms. The summed E-state index contributed by atoms with van der Waals surface area (Å²) in [6.07, 6.45) is 0. The minimum Gasteiger partial charge on any atom is -0.143 e. The summed E-state index contributed by atoms with van der Waals surface area (Å²) in [4.78, 5) is 0. The molecule has 0 nitrogen and oxygen atoms in total. The van der Waals surface area contributed by atoms with Gasteiger partial charge in [-0.1, -0.05) is 45.7 Å². The van der Waals surface area contributed by atoms with Crippen molar-refractivity contribution in [3.05, 3.63) is 47.5 Å². The Balaban J connectivity index is 0.00000144. The van der Waals surface area contributed by atoms with Crippen LogP contribution < -0.4 is 29.6 Å². The molecule has 0 aromatic heterocycles. The van der Waals surface area contributed by atoms with Crippen LogP contribution in [0.15, 0.2) is 30.3 Å². The van der Waals surface area contributed by atoms with Crippen molar-refractivity contribution < 1.29 is 29.6 Å². The van der Waals surface area contributed by atoms with Crippen molar-refractivity contribution in [2.45, 2.75) is 39.5 Å². The molecule has 2 aromatic carbocycles. The molecule has 0 fully saturated rings. The molecule has 2 rings (SSSR count). The summed E-state index contributed by atoms with van der Waals surface area (Å²) in [5.74, 6) is 1.11. The quantitative estimate of drug-likeness (QED) is 0.550. The molecular weight excluding hydrogens is 215 g/mol. The summed E-state index contributed by atoms with van der Waals surface area (Å²) in [7, 11) is 0. The van der Waals surface area contributed by atoms with Crippen LogP contribution in [0, 0.1) is 6.07 Å². The predicted molar refractivity (Wildman–Crippen MR) is 71.0 cm³/mol. The molecule has 17 heavy (non-hydrogen) atoms. The Bertz CT molecular complexity index is 451. The van der Waals surface area contributed by atoms with E-state index >= 15 is 0 Å². The van der Waals surface area contributed by atoms with Crippen molar-refractivity contribution in [1.82, 2.24) is 0 Å². The van der Waals surface area contributed by atoms with E-state index in [4.69, 9.17) is 0 Å². The molecule has 0 heterocycles. The maximum absolute atomic E-state index is 3.58. The van der Waals surface area contributed by atoms with Crippen LogP contribution in [-0.4, -0.2) is 0 Å².